The molecule has 0 bridgehead atoms. The molecule has 0 saturated carbocycles. The number of unbranched alkanes of at least 4 members (excludes halogenated alkanes) is 1. The quantitative estimate of drug-likeness (QED) is 0.436. The molecule has 0 spiro atoms. The van der Waals surface area contributed by atoms with Crippen molar-refractivity contribution < 1.29 is 19.8 Å². The highest BCUT2D eigenvalue weighted by Gasteiger charge is 2.14. The summed E-state index contributed by atoms with van der Waals surface area (Å²) in [6, 6.07) is 8.80. The zero-order valence-electron chi connectivity index (χ0n) is 16.0. The van der Waals surface area contributed by atoms with Gasteiger partial charge in [0.05, 0.1) is 17.5 Å². The number of benzene rings is 1. The van der Waals surface area contributed by atoms with Crippen LogP contribution in [-0.4, -0.2) is 32.1 Å². The maximum atomic E-state index is 11.6. The number of imidazole rings is 1. The molecule has 7 heteroatoms. The molecule has 3 N–H and O–H groups in total. The van der Waals surface area contributed by atoms with Crippen molar-refractivity contribution in [3.63, 3.8) is 0 Å². The van der Waals surface area contributed by atoms with Gasteiger partial charge in [-0.3, -0.25) is 0 Å². The Morgan fingerprint density at radius 2 is 2.07 bits per heavy atom. The second-order valence-electron chi connectivity index (χ2n) is 6.70. The van der Waals surface area contributed by atoms with Gasteiger partial charge in [-0.15, -0.1) is 11.3 Å². The largest absolute Gasteiger partial charge is 0.478 e. The number of carbonyl (C=O) groups is 2. The van der Waals surface area contributed by atoms with E-state index in [4.69, 9.17) is 0 Å². The molecule has 3 aromatic rings. The fourth-order valence-corrected chi connectivity index (χ4v) is 3.78. The van der Waals surface area contributed by atoms with E-state index in [9.17, 15) is 19.8 Å². The van der Waals surface area contributed by atoms with Gasteiger partial charge >= 0.3 is 11.9 Å². The van der Waals surface area contributed by atoms with Gasteiger partial charge in [-0.1, -0.05) is 25.5 Å². The van der Waals surface area contributed by atoms with Crippen LogP contribution in [0.1, 0.15) is 46.3 Å². The summed E-state index contributed by atoms with van der Waals surface area (Å²) >= 11 is 1.52. The highest BCUT2D eigenvalue weighted by Crippen LogP contribution is 2.25. The zero-order chi connectivity index (χ0) is 20.8. The molecule has 2 aromatic heterocycles. The lowest BCUT2D eigenvalue weighted by Crippen LogP contribution is -2.03. The van der Waals surface area contributed by atoms with Crippen LogP contribution in [0.2, 0.25) is 0 Å². The molecule has 0 amide bonds. The number of nitrogens with one attached hydrogen (secondary N) is 1. The van der Waals surface area contributed by atoms with Crippen LogP contribution in [0.5, 0.6) is 0 Å². The van der Waals surface area contributed by atoms with Crippen LogP contribution in [-0.2, 0) is 17.6 Å². The summed E-state index contributed by atoms with van der Waals surface area (Å²) in [5, 5.41) is 20.7. The van der Waals surface area contributed by atoms with Crippen molar-refractivity contribution in [2.24, 2.45) is 0 Å². The molecule has 0 fully saturated rings. The Morgan fingerprint density at radius 1 is 1.24 bits per heavy atom. The van der Waals surface area contributed by atoms with Crippen LogP contribution in [0, 0.1) is 0 Å². The molecular formula is C22H22N2O4S. The lowest BCUT2D eigenvalue weighted by atomic mass is 9.99. The van der Waals surface area contributed by atoms with Gasteiger partial charge in [0.25, 0.3) is 0 Å². The lowest BCUT2D eigenvalue weighted by Gasteiger charge is -2.08. The molecule has 0 aliphatic rings. The number of hydrogen-bond donors (Lipinski definition) is 3. The van der Waals surface area contributed by atoms with E-state index in [2.05, 4.69) is 16.9 Å². The number of aromatic carboxylic acids is 1. The average molecular weight is 410 g/mol. The number of aliphatic carboxylic acids is 1. The minimum atomic E-state index is -0.969. The number of aryl methyl sites for hydroxylation is 1. The van der Waals surface area contributed by atoms with Crippen LogP contribution in [0.4, 0.5) is 0 Å². The highest BCUT2D eigenvalue weighted by atomic mass is 32.1. The van der Waals surface area contributed by atoms with Crippen LogP contribution in [0.3, 0.4) is 0 Å². The van der Waals surface area contributed by atoms with E-state index >= 15 is 0 Å². The predicted octanol–water partition coefficient (Wildman–Crippen LogP) is 4.89. The normalized spacial score (nSPS) is 11.6. The van der Waals surface area contributed by atoms with Gasteiger partial charge in [0, 0.05) is 22.4 Å². The zero-order valence-corrected chi connectivity index (χ0v) is 16.8. The van der Waals surface area contributed by atoms with Gasteiger partial charge in [0.2, 0.25) is 0 Å². The summed E-state index contributed by atoms with van der Waals surface area (Å²) < 4.78 is 0. The third kappa shape index (κ3) is 5.20. The van der Waals surface area contributed by atoms with Crippen molar-refractivity contribution in [3.8, 4) is 11.4 Å². The topological polar surface area (TPSA) is 103 Å². The third-order valence-corrected chi connectivity index (χ3v) is 5.43. The SMILES string of the molecule is CCCCc1cc(C(=O)O)ccc1-c1ncc(/C=C(\Cc2cccs2)C(=O)O)[nH]1. The van der Waals surface area contributed by atoms with E-state index in [1.54, 1.807) is 30.5 Å². The van der Waals surface area contributed by atoms with Gasteiger partial charge in [0.1, 0.15) is 5.82 Å². The first kappa shape index (κ1) is 20.5. The van der Waals surface area contributed by atoms with E-state index in [0.717, 1.165) is 35.3 Å². The first-order valence-corrected chi connectivity index (χ1v) is 10.2. The van der Waals surface area contributed by atoms with E-state index in [1.807, 2.05) is 17.5 Å². The molecule has 150 valence electrons. The Labute approximate surface area is 172 Å². The number of H-pyrrole nitrogens is 1. The van der Waals surface area contributed by atoms with Crippen molar-refractivity contribution in [3.05, 3.63) is 69.2 Å². The maximum absolute atomic E-state index is 11.6. The van der Waals surface area contributed by atoms with E-state index in [0.29, 0.717) is 17.9 Å². The Balaban J connectivity index is 1.92. The van der Waals surface area contributed by atoms with Crippen molar-refractivity contribution in [1.82, 2.24) is 9.97 Å². The molecule has 29 heavy (non-hydrogen) atoms. The molecule has 1 aromatic carbocycles. The summed E-state index contributed by atoms with van der Waals surface area (Å²) in [6.07, 6.45) is 6.21. The molecule has 0 aliphatic carbocycles. The van der Waals surface area contributed by atoms with Crippen LogP contribution in [0.15, 0.2) is 47.5 Å². The van der Waals surface area contributed by atoms with Gasteiger partial charge in [0.15, 0.2) is 0 Å². The number of nitrogens with zero attached hydrogens (tertiary/aromatic N) is 1. The average Bonchev–Trinajstić information content (AvgIpc) is 3.37. The Morgan fingerprint density at radius 3 is 2.72 bits per heavy atom. The molecule has 6 nitrogen and oxygen atoms in total. The van der Waals surface area contributed by atoms with Crippen LogP contribution in [0.25, 0.3) is 17.5 Å². The van der Waals surface area contributed by atoms with Crippen molar-refractivity contribution in [1.29, 1.82) is 0 Å². The molecule has 0 saturated heterocycles. The Bertz CT molecular complexity index is 1040. The standard InChI is InChI=1S/C22H22N2O4S/c1-2-3-5-14-10-15(21(25)26)7-8-19(14)20-23-13-17(24-20)11-16(22(27)28)12-18-6-4-9-29-18/h4,6-11,13H,2-3,5,12H2,1H3,(H,23,24)(H,25,26)(H,27,28)/b16-11+. The summed E-state index contributed by atoms with van der Waals surface area (Å²) in [4.78, 5) is 31.5. The van der Waals surface area contributed by atoms with Crippen LogP contribution < -0.4 is 0 Å². The minimum absolute atomic E-state index is 0.246. The van der Waals surface area contributed by atoms with Gasteiger partial charge in [-0.25, -0.2) is 14.6 Å². The summed E-state index contributed by atoms with van der Waals surface area (Å²) in [5.74, 6) is -1.33. The van der Waals surface area contributed by atoms with E-state index in [-0.39, 0.29) is 11.1 Å². The van der Waals surface area contributed by atoms with E-state index in [1.165, 1.54) is 11.3 Å². The van der Waals surface area contributed by atoms with Gasteiger partial charge in [-0.05, 0) is 48.1 Å². The molecular weight excluding hydrogens is 388 g/mol. The second-order valence-corrected chi connectivity index (χ2v) is 7.73. The predicted molar refractivity (Wildman–Crippen MR) is 113 cm³/mol. The van der Waals surface area contributed by atoms with Crippen molar-refractivity contribution in [2.75, 3.05) is 0 Å². The number of carboxylic acids is 2. The number of thiophene rings is 1. The number of carboxylic acid groups (broad SMARTS) is 2. The van der Waals surface area contributed by atoms with Crippen molar-refractivity contribution in [2.45, 2.75) is 32.6 Å². The van der Waals surface area contributed by atoms with E-state index < -0.39 is 11.9 Å². The smallest absolute Gasteiger partial charge is 0.335 e. The highest BCUT2D eigenvalue weighted by molar-refractivity contribution is 7.09. The number of aromatic nitrogens is 2. The first-order valence-electron chi connectivity index (χ1n) is 9.35. The van der Waals surface area contributed by atoms with Crippen molar-refractivity contribution >= 4 is 29.4 Å². The monoisotopic (exact) mass is 410 g/mol. The molecule has 3 rings (SSSR count). The molecule has 0 unspecified atom stereocenters. The number of aromatic amines is 1. The molecule has 0 atom stereocenters. The first-order chi connectivity index (χ1) is 14.0. The van der Waals surface area contributed by atoms with Gasteiger partial charge < -0.3 is 15.2 Å². The molecule has 0 aliphatic heterocycles. The molecule has 2 heterocycles. The fraction of sp³-hybridized carbons (Fsp3) is 0.227. The lowest BCUT2D eigenvalue weighted by molar-refractivity contribution is -0.132. The summed E-state index contributed by atoms with van der Waals surface area (Å²) in [7, 11) is 0. The maximum Gasteiger partial charge on any atom is 0.335 e. The number of rotatable bonds is 9. The fourth-order valence-electron chi connectivity index (χ4n) is 3.05. The van der Waals surface area contributed by atoms with Gasteiger partial charge in [-0.2, -0.15) is 0 Å². The Kier molecular flexibility index (Phi) is 6.61. The minimum Gasteiger partial charge on any atom is -0.478 e. The summed E-state index contributed by atoms with van der Waals surface area (Å²) in [6.45, 7) is 2.08. The number of hydrogen-bond acceptors (Lipinski definition) is 4. The Hall–Kier alpha value is -3.19. The third-order valence-electron chi connectivity index (χ3n) is 4.55. The second kappa shape index (κ2) is 9.34. The molecule has 0 radical (unpaired) electrons. The summed E-state index contributed by atoms with van der Waals surface area (Å²) in [5.41, 5.74) is 2.86. The van der Waals surface area contributed by atoms with Crippen LogP contribution >= 0.6 is 11.3 Å².